The Hall–Kier alpha value is -1.58. The lowest BCUT2D eigenvalue weighted by Crippen LogP contribution is -2.09. The molecule has 0 heterocycles. The van der Waals surface area contributed by atoms with Gasteiger partial charge in [-0.05, 0) is 22.6 Å². The minimum absolute atomic E-state index is 0.116. The van der Waals surface area contributed by atoms with Gasteiger partial charge in [0.15, 0.2) is 0 Å². The monoisotopic (exact) mass is 338 g/mol. The molecule has 0 unspecified atom stereocenters. The SMILES string of the molecule is COc1cc(NC(=O)O)c([N+](=O)[O-])cc1I. The topological polar surface area (TPSA) is 102 Å². The minimum atomic E-state index is -1.37. The molecule has 0 radical (unpaired) electrons. The van der Waals surface area contributed by atoms with Crippen molar-refractivity contribution in [1.29, 1.82) is 0 Å². The van der Waals surface area contributed by atoms with E-state index in [9.17, 15) is 14.9 Å². The largest absolute Gasteiger partial charge is 0.496 e. The molecule has 0 atom stereocenters. The van der Waals surface area contributed by atoms with Crippen LogP contribution in [0.5, 0.6) is 5.75 Å². The van der Waals surface area contributed by atoms with E-state index in [0.717, 1.165) is 0 Å². The number of halogens is 1. The van der Waals surface area contributed by atoms with Crippen molar-refractivity contribution in [1.82, 2.24) is 0 Å². The molecule has 0 bridgehead atoms. The second-order valence-corrected chi connectivity index (χ2v) is 3.85. The van der Waals surface area contributed by atoms with Gasteiger partial charge in [-0.15, -0.1) is 0 Å². The first kappa shape index (κ1) is 12.5. The first-order valence-corrected chi connectivity index (χ1v) is 5.05. The predicted octanol–water partition coefficient (Wildman–Crippen LogP) is 2.30. The van der Waals surface area contributed by atoms with Crippen molar-refractivity contribution in [3.05, 3.63) is 25.8 Å². The number of hydrogen-bond acceptors (Lipinski definition) is 4. The van der Waals surface area contributed by atoms with E-state index in [4.69, 9.17) is 9.84 Å². The Morgan fingerprint density at radius 2 is 2.25 bits per heavy atom. The zero-order valence-electron chi connectivity index (χ0n) is 8.06. The molecule has 7 nitrogen and oxygen atoms in total. The summed E-state index contributed by atoms with van der Waals surface area (Å²) in [5.41, 5.74) is -0.428. The molecule has 1 amide bonds. The van der Waals surface area contributed by atoms with Crippen molar-refractivity contribution in [3.8, 4) is 5.75 Å². The van der Waals surface area contributed by atoms with Gasteiger partial charge in [0.05, 0.1) is 15.6 Å². The Morgan fingerprint density at radius 3 is 2.69 bits per heavy atom. The van der Waals surface area contributed by atoms with Crippen LogP contribution in [0.25, 0.3) is 0 Å². The smallest absolute Gasteiger partial charge is 0.409 e. The number of nitrogens with one attached hydrogen (secondary N) is 1. The lowest BCUT2D eigenvalue weighted by atomic mass is 10.2. The number of nitro groups is 1. The molecule has 0 aliphatic carbocycles. The third-order valence-electron chi connectivity index (χ3n) is 1.71. The molecule has 1 aromatic carbocycles. The standard InChI is InChI=1S/C8H7IN2O5/c1-16-7-3-5(10-8(12)13)6(11(14)15)2-4(7)9/h2-3,10H,1H3,(H,12,13). The van der Waals surface area contributed by atoms with Gasteiger partial charge in [0.2, 0.25) is 0 Å². The highest BCUT2D eigenvalue weighted by Gasteiger charge is 2.19. The fraction of sp³-hybridized carbons (Fsp3) is 0.125. The van der Waals surface area contributed by atoms with Gasteiger partial charge in [0, 0.05) is 12.1 Å². The Kier molecular flexibility index (Phi) is 3.88. The number of methoxy groups -OCH3 is 1. The summed E-state index contributed by atoms with van der Waals surface area (Å²) in [6.45, 7) is 0. The molecule has 16 heavy (non-hydrogen) atoms. The van der Waals surface area contributed by atoms with E-state index < -0.39 is 11.0 Å². The minimum Gasteiger partial charge on any atom is -0.496 e. The molecule has 2 N–H and O–H groups in total. The molecule has 0 saturated heterocycles. The van der Waals surface area contributed by atoms with Crippen LogP contribution in [0.4, 0.5) is 16.2 Å². The van der Waals surface area contributed by atoms with E-state index >= 15 is 0 Å². The molecule has 0 aliphatic heterocycles. The van der Waals surface area contributed by atoms with Crippen molar-refractivity contribution in [2.45, 2.75) is 0 Å². The number of amides is 1. The van der Waals surface area contributed by atoms with Crippen LogP contribution in [0.1, 0.15) is 0 Å². The first-order chi connectivity index (χ1) is 7.45. The van der Waals surface area contributed by atoms with Crippen LogP contribution >= 0.6 is 22.6 Å². The Bertz CT molecular complexity index is 448. The number of nitro benzene ring substituents is 1. The van der Waals surface area contributed by atoms with Crippen molar-refractivity contribution in [2.75, 3.05) is 12.4 Å². The molecule has 1 aromatic rings. The third-order valence-corrected chi connectivity index (χ3v) is 2.55. The van der Waals surface area contributed by atoms with Crippen LogP contribution in [0.3, 0.4) is 0 Å². The quantitative estimate of drug-likeness (QED) is 0.500. The third kappa shape index (κ3) is 2.72. The summed E-state index contributed by atoms with van der Waals surface area (Å²) in [6, 6.07) is 2.51. The fourth-order valence-electron chi connectivity index (χ4n) is 1.07. The number of anilines is 1. The molecular formula is C8H7IN2O5. The maximum Gasteiger partial charge on any atom is 0.409 e. The first-order valence-electron chi connectivity index (χ1n) is 3.97. The molecule has 1 rings (SSSR count). The summed E-state index contributed by atoms with van der Waals surface area (Å²) >= 11 is 1.87. The summed E-state index contributed by atoms with van der Waals surface area (Å²) in [5.74, 6) is 0.370. The van der Waals surface area contributed by atoms with Gasteiger partial charge < -0.3 is 9.84 Å². The Labute approximate surface area is 104 Å². The molecule has 86 valence electrons. The molecular weight excluding hydrogens is 331 g/mol. The van der Waals surface area contributed by atoms with E-state index in [0.29, 0.717) is 9.32 Å². The highest BCUT2D eigenvalue weighted by molar-refractivity contribution is 14.1. The highest BCUT2D eigenvalue weighted by atomic mass is 127. The summed E-state index contributed by atoms with van der Waals surface area (Å²) in [4.78, 5) is 20.5. The summed E-state index contributed by atoms with van der Waals surface area (Å²) in [7, 11) is 1.40. The zero-order chi connectivity index (χ0) is 12.3. The molecule has 0 spiro atoms. The molecule has 0 aliphatic rings. The number of rotatable bonds is 3. The number of nitrogens with zero attached hydrogens (tertiary/aromatic N) is 1. The van der Waals surface area contributed by atoms with Gasteiger partial charge in [0.25, 0.3) is 5.69 Å². The lowest BCUT2D eigenvalue weighted by molar-refractivity contribution is -0.384. The van der Waals surface area contributed by atoms with Crippen molar-refractivity contribution < 1.29 is 19.6 Å². The average molecular weight is 338 g/mol. The normalized spacial score (nSPS) is 9.62. The fourth-order valence-corrected chi connectivity index (χ4v) is 1.74. The maximum absolute atomic E-state index is 10.7. The maximum atomic E-state index is 10.7. The van der Waals surface area contributed by atoms with Crippen LogP contribution in [0.2, 0.25) is 0 Å². The lowest BCUT2D eigenvalue weighted by Gasteiger charge is -2.07. The van der Waals surface area contributed by atoms with E-state index in [1.54, 1.807) is 0 Å². The van der Waals surface area contributed by atoms with Gasteiger partial charge >= 0.3 is 6.09 Å². The number of ether oxygens (including phenoxy) is 1. The summed E-state index contributed by atoms with van der Waals surface area (Å²) in [6.07, 6.45) is -1.37. The average Bonchev–Trinajstić information content (AvgIpc) is 2.19. The van der Waals surface area contributed by atoms with E-state index in [-0.39, 0.29) is 11.4 Å². The summed E-state index contributed by atoms with van der Waals surface area (Å²) < 4.78 is 5.47. The molecule has 8 heteroatoms. The van der Waals surface area contributed by atoms with Crippen LogP contribution in [-0.4, -0.2) is 23.2 Å². The second kappa shape index (κ2) is 4.96. The van der Waals surface area contributed by atoms with Gasteiger partial charge in [-0.25, -0.2) is 4.79 Å². The second-order valence-electron chi connectivity index (χ2n) is 2.69. The number of carboxylic acid groups (broad SMARTS) is 1. The van der Waals surface area contributed by atoms with E-state index in [1.807, 2.05) is 27.9 Å². The van der Waals surface area contributed by atoms with Crippen LogP contribution in [0, 0.1) is 13.7 Å². The van der Waals surface area contributed by atoms with E-state index in [2.05, 4.69) is 0 Å². The van der Waals surface area contributed by atoms with Gasteiger partial charge in [-0.2, -0.15) is 0 Å². The number of benzene rings is 1. The molecule has 0 aromatic heterocycles. The number of carbonyl (C=O) groups is 1. The number of hydrogen-bond donors (Lipinski definition) is 2. The van der Waals surface area contributed by atoms with Gasteiger partial charge in [-0.1, -0.05) is 0 Å². The van der Waals surface area contributed by atoms with Crippen molar-refractivity contribution >= 4 is 40.1 Å². The van der Waals surface area contributed by atoms with Crippen LogP contribution in [0.15, 0.2) is 12.1 Å². The zero-order valence-corrected chi connectivity index (χ0v) is 10.2. The predicted molar refractivity (Wildman–Crippen MR) is 64.0 cm³/mol. The Balaban J connectivity index is 3.30. The van der Waals surface area contributed by atoms with Gasteiger partial charge in [-0.3, -0.25) is 15.4 Å². The van der Waals surface area contributed by atoms with Crippen molar-refractivity contribution in [2.24, 2.45) is 0 Å². The molecule has 0 saturated carbocycles. The van der Waals surface area contributed by atoms with Gasteiger partial charge in [0.1, 0.15) is 11.4 Å². The summed E-state index contributed by atoms with van der Waals surface area (Å²) in [5, 5.41) is 21.2. The van der Waals surface area contributed by atoms with Crippen molar-refractivity contribution in [3.63, 3.8) is 0 Å². The Morgan fingerprint density at radius 1 is 1.62 bits per heavy atom. The highest BCUT2D eigenvalue weighted by Crippen LogP contribution is 2.33. The van der Waals surface area contributed by atoms with Crippen LogP contribution in [-0.2, 0) is 0 Å². The molecule has 0 fully saturated rings. The van der Waals surface area contributed by atoms with E-state index in [1.165, 1.54) is 19.2 Å². The van der Waals surface area contributed by atoms with Crippen LogP contribution < -0.4 is 10.1 Å².